The third-order valence-corrected chi connectivity index (χ3v) is 4.49. The first-order valence-corrected chi connectivity index (χ1v) is 9.13. The molecule has 0 aromatic carbocycles. The van der Waals surface area contributed by atoms with Crippen LogP contribution in [-0.4, -0.2) is 70.3 Å². The van der Waals surface area contributed by atoms with E-state index in [0.717, 1.165) is 0 Å². The first-order chi connectivity index (χ1) is 13.0. The fourth-order valence-electron chi connectivity index (χ4n) is 3.01. The van der Waals surface area contributed by atoms with E-state index in [1.54, 1.807) is 13.8 Å². The van der Waals surface area contributed by atoms with Gasteiger partial charge in [0.2, 0.25) is 23.6 Å². The molecule has 1 saturated heterocycles. The van der Waals surface area contributed by atoms with Gasteiger partial charge >= 0.3 is 5.97 Å². The Hall–Kier alpha value is -2.69. The minimum Gasteiger partial charge on any atom is -0.480 e. The van der Waals surface area contributed by atoms with Crippen LogP contribution in [0.2, 0.25) is 0 Å². The number of nitrogens with one attached hydrogen (secondary N) is 2. The van der Waals surface area contributed by atoms with Crippen LogP contribution in [0.3, 0.4) is 0 Å². The van der Waals surface area contributed by atoms with E-state index in [9.17, 15) is 24.0 Å². The highest BCUT2D eigenvalue weighted by Gasteiger charge is 2.37. The molecule has 4 unspecified atom stereocenters. The van der Waals surface area contributed by atoms with Crippen molar-refractivity contribution in [2.24, 2.45) is 17.4 Å². The van der Waals surface area contributed by atoms with Crippen molar-refractivity contribution in [3.8, 4) is 0 Å². The average molecular weight is 399 g/mol. The van der Waals surface area contributed by atoms with Crippen LogP contribution in [0, 0.1) is 5.92 Å². The topological polar surface area (TPSA) is 185 Å². The molecule has 0 radical (unpaired) electrons. The van der Waals surface area contributed by atoms with Crippen molar-refractivity contribution in [2.45, 2.75) is 64.2 Å². The lowest BCUT2D eigenvalue weighted by Gasteiger charge is -2.29. The molecule has 1 heterocycles. The van der Waals surface area contributed by atoms with Crippen LogP contribution in [0.5, 0.6) is 0 Å². The molecule has 1 fully saturated rings. The summed E-state index contributed by atoms with van der Waals surface area (Å²) in [4.78, 5) is 61.0. The molecule has 11 nitrogen and oxygen atoms in total. The van der Waals surface area contributed by atoms with Crippen molar-refractivity contribution >= 4 is 29.6 Å². The second-order valence-corrected chi connectivity index (χ2v) is 7.28. The number of amides is 4. The summed E-state index contributed by atoms with van der Waals surface area (Å²) in [6, 6.07) is -4.03. The first-order valence-electron chi connectivity index (χ1n) is 9.13. The van der Waals surface area contributed by atoms with Gasteiger partial charge in [0.15, 0.2) is 0 Å². The van der Waals surface area contributed by atoms with Crippen molar-refractivity contribution in [2.75, 3.05) is 6.54 Å². The van der Waals surface area contributed by atoms with E-state index in [1.807, 2.05) is 0 Å². The number of nitrogens with zero attached hydrogens (tertiary/aromatic N) is 1. The Bertz CT molecular complexity index is 636. The predicted molar refractivity (Wildman–Crippen MR) is 98.5 cm³/mol. The zero-order valence-electron chi connectivity index (χ0n) is 16.3. The molecule has 1 rings (SSSR count). The van der Waals surface area contributed by atoms with Gasteiger partial charge in [-0.25, -0.2) is 4.79 Å². The average Bonchev–Trinajstić information content (AvgIpc) is 3.06. The van der Waals surface area contributed by atoms with Crippen LogP contribution in [0.25, 0.3) is 0 Å². The molecule has 0 aromatic heterocycles. The van der Waals surface area contributed by atoms with E-state index in [-0.39, 0.29) is 11.8 Å². The third-order valence-electron chi connectivity index (χ3n) is 4.49. The molecular formula is C17H29N5O6. The molecular weight excluding hydrogens is 370 g/mol. The van der Waals surface area contributed by atoms with E-state index in [1.165, 1.54) is 11.8 Å². The fraction of sp³-hybridized carbons (Fsp3) is 0.706. The van der Waals surface area contributed by atoms with Crippen LogP contribution >= 0.6 is 0 Å². The summed E-state index contributed by atoms with van der Waals surface area (Å²) in [5.74, 6) is -4.27. The SMILES string of the molecule is CC(N)C(=O)N1CCCC1C(=O)NC(C(=O)NC(CC(N)=O)C(=O)O)C(C)C. The molecule has 7 N–H and O–H groups in total. The number of hydrogen-bond acceptors (Lipinski definition) is 6. The first kappa shape index (κ1) is 23.3. The summed E-state index contributed by atoms with van der Waals surface area (Å²) in [7, 11) is 0. The molecule has 4 atom stereocenters. The van der Waals surface area contributed by atoms with E-state index < -0.39 is 54.3 Å². The predicted octanol–water partition coefficient (Wildman–Crippen LogP) is -2.09. The molecule has 11 heteroatoms. The molecule has 4 amide bonds. The smallest absolute Gasteiger partial charge is 0.326 e. The monoisotopic (exact) mass is 399 g/mol. The Balaban J connectivity index is 2.87. The Morgan fingerprint density at radius 2 is 1.75 bits per heavy atom. The lowest BCUT2D eigenvalue weighted by Crippen LogP contribution is -2.58. The van der Waals surface area contributed by atoms with Crippen molar-refractivity contribution in [1.82, 2.24) is 15.5 Å². The number of rotatable bonds is 9. The molecule has 158 valence electrons. The van der Waals surface area contributed by atoms with E-state index in [4.69, 9.17) is 16.6 Å². The van der Waals surface area contributed by atoms with Crippen molar-refractivity contribution in [3.05, 3.63) is 0 Å². The number of aliphatic carboxylic acids is 1. The van der Waals surface area contributed by atoms with E-state index in [2.05, 4.69) is 10.6 Å². The zero-order valence-corrected chi connectivity index (χ0v) is 16.3. The Morgan fingerprint density at radius 1 is 1.14 bits per heavy atom. The Kier molecular flexibility index (Phi) is 8.35. The van der Waals surface area contributed by atoms with Crippen LogP contribution in [0.15, 0.2) is 0 Å². The minimum absolute atomic E-state index is 0.351. The summed E-state index contributed by atoms with van der Waals surface area (Å²) >= 11 is 0. The largest absolute Gasteiger partial charge is 0.480 e. The van der Waals surface area contributed by atoms with Crippen LogP contribution in [-0.2, 0) is 24.0 Å². The van der Waals surface area contributed by atoms with Gasteiger partial charge in [-0.3, -0.25) is 19.2 Å². The highest BCUT2D eigenvalue weighted by molar-refractivity contribution is 5.95. The van der Waals surface area contributed by atoms with Crippen molar-refractivity contribution < 1.29 is 29.1 Å². The summed E-state index contributed by atoms with van der Waals surface area (Å²) < 4.78 is 0. The standard InChI is InChI=1S/C17H29N5O6/c1-8(2)13(15(25)20-10(17(27)28)7-12(19)23)21-14(24)11-5-4-6-22(11)16(26)9(3)18/h8-11,13H,4-7,18H2,1-3H3,(H2,19,23)(H,20,25)(H,21,24)(H,27,28). The number of carboxylic acids is 1. The number of carbonyl (C=O) groups excluding carboxylic acids is 4. The lowest BCUT2D eigenvalue weighted by atomic mass is 10.0. The summed E-state index contributed by atoms with van der Waals surface area (Å²) in [5.41, 5.74) is 10.6. The zero-order chi connectivity index (χ0) is 21.6. The number of primary amides is 1. The maximum Gasteiger partial charge on any atom is 0.326 e. The van der Waals surface area contributed by atoms with Crippen molar-refractivity contribution in [3.63, 3.8) is 0 Å². The van der Waals surface area contributed by atoms with Gasteiger partial charge in [-0.2, -0.15) is 0 Å². The third kappa shape index (κ3) is 6.19. The molecule has 0 aliphatic carbocycles. The number of likely N-dealkylation sites (tertiary alicyclic amines) is 1. The quantitative estimate of drug-likeness (QED) is 0.294. The number of hydrogen-bond donors (Lipinski definition) is 5. The van der Waals surface area contributed by atoms with Gasteiger partial charge < -0.3 is 32.1 Å². The Morgan fingerprint density at radius 3 is 2.21 bits per heavy atom. The fourth-order valence-corrected chi connectivity index (χ4v) is 3.01. The second-order valence-electron chi connectivity index (χ2n) is 7.28. The number of nitrogens with two attached hydrogens (primary N) is 2. The van der Waals surface area contributed by atoms with Crippen LogP contribution in [0.1, 0.15) is 40.0 Å². The normalized spacial score (nSPS) is 19.6. The lowest BCUT2D eigenvalue weighted by molar-refractivity contribution is -0.144. The van der Waals surface area contributed by atoms with Gasteiger partial charge in [-0.1, -0.05) is 13.8 Å². The maximum absolute atomic E-state index is 12.7. The maximum atomic E-state index is 12.7. The summed E-state index contributed by atoms with van der Waals surface area (Å²) in [5, 5.41) is 13.9. The minimum atomic E-state index is -1.49. The van der Waals surface area contributed by atoms with Crippen molar-refractivity contribution in [1.29, 1.82) is 0 Å². The molecule has 0 spiro atoms. The van der Waals surface area contributed by atoms with Gasteiger partial charge in [0.05, 0.1) is 12.5 Å². The van der Waals surface area contributed by atoms with Crippen LogP contribution < -0.4 is 22.1 Å². The second kappa shape index (κ2) is 10.0. The number of carboxylic acid groups (broad SMARTS) is 1. The van der Waals surface area contributed by atoms with Gasteiger partial charge in [0.25, 0.3) is 0 Å². The molecule has 28 heavy (non-hydrogen) atoms. The van der Waals surface area contributed by atoms with Crippen LogP contribution in [0.4, 0.5) is 0 Å². The Labute approximate surface area is 163 Å². The molecule has 1 aliphatic rings. The highest BCUT2D eigenvalue weighted by atomic mass is 16.4. The highest BCUT2D eigenvalue weighted by Crippen LogP contribution is 2.19. The van der Waals surface area contributed by atoms with Gasteiger partial charge in [-0.05, 0) is 25.7 Å². The molecule has 0 bridgehead atoms. The summed E-state index contributed by atoms with van der Waals surface area (Å²) in [6.45, 7) is 5.28. The molecule has 0 aromatic rings. The number of carbonyl (C=O) groups is 5. The molecule has 1 aliphatic heterocycles. The summed E-state index contributed by atoms with van der Waals surface area (Å²) in [6.07, 6.45) is 0.504. The van der Waals surface area contributed by atoms with E-state index in [0.29, 0.717) is 19.4 Å². The molecule has 0 saturated carbocycles. The van der Waals surface area contributed by atoms with Gasteiger partial charge in [0, 0.05) is 6.54 Å². The van der Waals surface area contributed by atoms with Gasteiger partial charge in [-0.15, -0.1) is 0 Å². The van der Waals surface area contributed by atoms with Gasteiger partial charge in [0.1, 0.15) is 18.1 Å². The van der Waals surface area contributed by atoms with E-state index >= 15 is 0 Å².